The number of nitrogens with zero attached hydrogens (tertiary/aromatic N) is 2. The molecule has 0 atom stereocenters. The number of aromatic hydroxyl groups is 4. The average molecular weight is 386 g/mol. The van der Waals surface area contributed by atoms with Crippen LogP contribution in [0.5, 0.6) is 23.0 Å². The van der Waals surface area contributed by atoms with Crippen LogP contribution in [0, 0.1) is 0 Å². The summed E-state index contributed by atoms with van der Waals surface area (Å²) in [5, 5.41) is 44.5. The molecular formula is C18H18N4O6. The molecule has 0 bridgehead atoms. The smallest absolute Gasteiger partial charge is 0.240 e. The Hall–Kier alpha value is -4.08. The zero-order valence-corrected chi connectivity index (χ0v) is 14.5. The molecule has 0 saturated heterocycles. The van der Waals surface area contributed by atoms with E-state index in [-0.39, 0.29) is 35.8 Å². The monoisotopic (exact) mass is 386 g/mol. The first-order valence-electron chi connectivity index (χ1n) is 8.03. The quantitative estimate of drug-likeness (QED) is 0.235. The van der Waals surface area contributed by atoms with Crippen LogP contribution in [0.1, 0.15) is 24.0 Å². The van der Waals surface area contributed by atoms with Gasteiger partial charge in [-0.3, -0.25) is 9.59 Å². The van der Waals surface area contributed by atoms with Gasteiger partial charge in [0.2, 0.25) is 11.8 Å². The van der Waals surface area contributed by atoms with Crippen LogP contribution in [0.25, 0.3) is 0 Å². The molecular weight excluding hydrogens is 368 g/mol. The van der Waals surface area contributed by atoms with Crippen LogP contribution < -0.4 is 10.9 Å². The molecule has 0 radical (unpaired) electrons. The van der Waals surface area contributed by atoms with Crippen LogP contribution in [0.2, 0.25) is 0 Å². The summed E-state index contributed by atoms with van der Waals surface area (Å²) in [5.74, 6) is -2.15. The van der Waals surface area contributed by atoms with Crippen molar-refractivity contribution in [3.05, 3.63) is 47.5 Å². The molecule has 2 aromatic rings. The van der Waals surface area contributed by atoms with E-state index in [0.717, 1.165) is 0 Å². The number of benzene rings is 2. The Balaban J connectivity index is 1.72. The van der Waals surface area contributed by atoms with Gasteiger partial charge < -0.3 is 20.4 Å². The number of hydrazone groups is 2. The van der Waals surface area contributed by atoms with E-state index in [1.54, 1.807) is 0 Å². The Morgan fingerprint density at radius 2 is 1.11 bits per heavy atom. The molecule has 0 aliphatic carbocycles. The molecule has 2 rings (SSSR count). The van der Waals surface area contributed by atoms with E-state index in [2.05, 4.69) is 21.1 Å². The minimum Gasteiger partial charge on any atom is -0.504 e. The summed E-state index contributed by atoms with van der Waals surface area (Å²) >= 11 is 0. The minimum absolute atomic E-state index is 0.125. The Morgan fingerprint density at radius 3 is 1.46 bits per heavy atom. The molecule has 2 amide bonds. The third-order valence-corrected chi connectivity index (χ3v) is 3.38. The number of hydrogen-bond acceptors (Lipinski definition) is 8. The first kappa shape index (κ1) is 20.2. The highest BCUT2D eigenvalue weighted by atomic mass is 16.3. The predicted octanol–water partition coefficient (Wildman–Crippen LogP) is 0.890. The van der Waals surface area contributed by atoms with Crippen LogP contribution in [0.15, 0.2) is 46.6 Å². The third-order valence-electron chi connectivity index (χ3n) is 3.38. The Kier molecular flexibility index (Phi) is 6.92. The maximum atomic E-state index is 11.6. The third kappa shape index (κ3) is 6.33. The van der Waals surface area contributed by atoms with Crippen LogP contribution >= 0.6 is 0 Å². The molecule has 0 aliphatic heterocycles. The van der Waals surface area contributed by atoms with Gasteiger partial charge in [-0.15, -0.1) is 0 Å². The molecule has 10 nitrogen and oxygen atoms in total. The molecule has 0 unspecified atom stereocenters. The zero-order valence-electron chi connectivity index (χ0n) is 14.5. The van der Waals surface area contributed by atoms with Gasteiger partial charge in [-0.1, -0.05) is 0 Å². The van der Waals surface area contributed by atoms with Gasteiger partial charge in [0.25, 0.3) is 0 Å². The Labute approximate surface area is 159 Å². The number of hydrogen-bond donors (Lipinski definition) is 6. The second-order valence-electron chi connectivity index (χ2n) is 5.58. The molecule has 0 aromatic heterocycles. The molecule has 0 saturated carbocycles. The van der Waals surface area contributed by atoms with Gasteiger partial charge in [-0.25, -0.2) is 10.9 Å². The molecule has 146 valence electrons. The second-order valence-corrected chi connectivity index (χ2v) is 5.58. The van der Waals surface area contributed by atoms with Gasteiger partial charge in [-0.05, 0) is 47.5 Å². The first-order valence-corrected chi connectivity index (χ1v) is 8.03. The molecule has 0 spiro atoms. The standard InChI is InChI=1S/C18H18N4O6/c23-13-3-1-11(7-15(13)25)9-19-21-17(27)5-6-18(28)22-20-10-12-2-4-14(24)16(26)8-12/h1-4,7-10,23-26H,5-6H2,(H,21,27)(H,22,28)/b19-9+,20-10+. The SMILES string of the molecule is O=C(CCC(=O)N/N=C/c1ccc(O)c(O)c1)N/N=C/c1ccc(O)c(O)c1. The van der Waals surface area contributed by atoms with E-state index in [1.807, 2.05) is 0 Å². The normalized spacial score (nSPS) is 11.0. The zero-order chi connectivity index (χ0) is 20.5. The number of rotatable bonds is 7. The Morgan fingerprint density at radius 1 is 0.714 bits per heavy atom. The van der Waals surface area contributed by atoms with E-state index < -0.39 is 11.8 Å². The summed E-state index contributed by atoms with van der Waals surface area (Å²) in [5.41, 5.74) is 5.38. The fraction of sp³-hybridized carbons (Fsp3) is 0.111. The number of amides is 2. The highest BCUT2D eigenvalue weighted by Gasteiger charge is 2.05. The molecule has 0 fully saturated rings. The van der Waals surface area contributed by atoms with Crippen molar-refractivity contribution < 1.29 is 30.0 Å². The Bertz CT molecular complexity index is 851. The van der Waals surface area contributed by atoms with Crippen molar-refractivity contribution >= 4 is 24.2 Å². The van der Waals surface area contributed by atoms with Gasteiger partial charge in [0, 0.05) is 12.8 Å². The van der Waals surface area contributed by atoms with Gasteiger partial charge in [0.1, 0.15) is 0 Å². The molecule has 28 heavy (non-hydrogen) atoms. The highest BCUT2D eigenvalue weighted by molar-refractivity contribution is 5.87. The predicted molar refractivity (Wildman–Crippen MR) is 100 cm³/mol. The lowest BCUT2D eigenvalue weighted by atomic mass is 10.2. The van der Waals surface area contributed by atoms with Gasteiger partial charge in [0.05, 0.1) is 12.4 Å². The van der Waals surface area contributed by atoms with Crippen molar-refractivity contribution in [1.82, 2.24) is 10.9 Å². The van der Waals surface area contributed by atoms with E-state index in [9.17, 15) is 30.0 Å². The number of phenolic OH excluding ortho intramolecular Hbond substituents is 4. The summed E-state index contributed by atoms with van der Waals surface area (Å²) in [7, 11) is 0. The van der Waals surface area contributed by atoms with Crippen molar-refractivity contribution in [2.45, 2.75) is 12.8 Å². The lowest BCUT2D eigenvalue weighted by Gasteiger charge is -2.01. The van der Waals surface area contributed by atoms with Gasteiger partial charge in [0.15, 0.2) is 23.0 Å². The van der Waals surface area contributed by atoms with Crippen molar-refractivity contribution in [3.8, 4) is 23.0 Å². The van der Waals surface area contributed by atoms with Crippen molar-refractivity contribution in [2.24, 2.45) is 10.2 Å². The van der Waals surface area contributed by atoms with E-state index in [4.69, 9.17) is 0 Å². The minimum atomic E-state index is -0.498. The molecule has 0 heterocycles. The largest absolute Gasteiger partial charge is 0.504 e. The van der Waals surface area contributed by atoms with E-state index >= 15 is 0 Å². The molecule has 0 aliphatic rings. The van der Waals surface area contributed by atoms with Gasteiger partial charge in [-0.2, -0.15) is 10.2 Å². The maximum absolute atomic E-state index is 11.6. The van der Waals surface area contributed by atoms with E-state index in [1.165, 1.54) is 48.8 Å². The van der Waals surface area contributed by atoms with Crippen molar-refractivity contribution in [3.63, 3.8) is 0 Å². The van der Waals surface area contributed by atoms with Gasteiger partial charge >= 0.3 is 0 Å². The summed E-state index contributed by atoms with van der Waals surface area (Å²) in [6.07, 6.45) is 2.29. The van der Waals surface area contributed by atoms with Crippen molar-refractivity contribution in [1.29, 1.82) is 0 Å². The first-order chi connectivity index (χ1) is 13.3. The summed E-state index contributed by atoms with van der Waals surface area (Å²) in [6.45, 7) is 0. The summed E-state index contributed by atoms with van der Waals surface area (Å²) in [4.78, 5) is 23.3. The molecule has 10 heteroatoms. The highest BCUT2D eigenvalue weighted by Crippen LogP contribution is 2.24. The lowest BCUT2D eigenvalue weighted by molar-refractivity contribution is -0.126. The topological polar surface area (TPSA) is 164 Å². The molecule has 6 N–H and O–H groups in total. The maximum Gasteiger partial charge on any atom is 0.240 e. The number of phenols is 4. The van der Waals surface area contributed by atoms with Crippen LogP contribution in [0.3, 0.4) is 0 Å². The van der Waals surface area contributed by atoms with Crippen molar-refractivity contribution in [2.75, 3.05) is 0 Å². The second kappa shape index (κ2) is 9.57. The van der Waals surface area contributed by atoms with Crippen LogP contribution in [-0.4, -0.2) is 44.7 Å². The molecule has 2 aromatic carbocycles. The fourth-order valence-corrected chi connectivity index (χ4v) is 1.94. The lowest BCUT2D eigenvalue weighted by Crippen LogP contribution is -2.22. The number of carbonyl (C=O) groups excluding carboxylic acids is 2. The average Bonchev–Trinajstić information content (AvgIpc) is 2.66. The number of carbonyl (C=O) groups is 2. The summed E-state index contributed by atoms with van der Waals surface area (Å²) in [6, 6.07) is 8.08. The van der Waals surface area contributed by atoms with Crippen LogP contribution in [-0.2, 0) is 9.59 Å². The number of nitrogens with one attached hydrogen (secondary N) is 2. The summed E-state index contributed by atoms with van der Waals surface area (Å²) < 4.78 is 0. The fourth-order valence-electron chi connectivity index (χ4n) is 1.94. The van der Waals surface area contributed by atoms with Crippen LogP contribution in [0.4, 0.5) is 0 Å². The van der Waals surface area contributed by atoms with E-state index in [0.29, 0.717) is 11.1 Å².